The Balaban J connectivity index is 2.26. The Morgan fingerprint density at radius 1 is 1.00 bits per heavy atom. The second-order valence-electron chi connectivity index (χ2n) is 4.39. The molecule has 0 aliphatic rings. The standard InChI is InChI=1S/C17H18O2/c1-3-16(13-9-11-15(19-2)12-10-13)17(18)14-7-5-4-6-8-14/h3-12,16-18H,1H2,2H3/t16-,17-/m0/s1. The Hall–Kier alpha value is -2.06. The summed E-state index contributed by atoms with van der Waals surface area (Å²) in [6, 6.07) is 17.3. The van der Waals surface area contributed by atoms with Gasteiger partial charge in [-0.05, 0) is 23.3 Å². The molecule has 2 nitrogen and oxygen atoms in total. The molecule has 0 fully saturated rings. The summed E-state index contributed by atoms with van der Waals surface area (Å²) in [5, 5.41) is 10.5. The third-order valence-electron chi connectivity index (χ3n) is 3.24. The summed E-state index contributed by atoms with van der Waals surface area (Å²) in [6.07, 6.45) is 1.19. The maximum Gasteiger partial charge on any atom is 0.118 e. The van der Waals surface area contributed by atoms with Crippen LogP contribution < -0.4 is 4.74 Å². The van der Waals surface area contributed by atoms with Crippen molar-refractivity contribution in [3.05, 3.63) is 78.4 Å². The quantitative estimate of drug-likeness (QED) is 0.824. The van der Waals surface area contributed by atoms with Crippen LogP contribution in [-0.4, -0.2) is 12.2 Å². The topological polar surface area (TPSA) is 29.5 Å². The zero-order valence-electron chi connectivity index (χ0n) is 11.0. The predicted molar refractivity (Wildman–Crippen MR) is 77.3 cm³/mol. The molecule has 0 saturated carbocycles. The summed E-state index contributed by atoms with van der Waals surface area (Å²) in [6.45, 7) is 3.84. The minimum Gasteiger partial charge on any atom is -0.497 e. The first-order chi connectivity index (χ1) is 9.26. The number of rotatable bonds is 5. The Bertz CT molecular complexity index is 517. The van der Waals surface area contributed by atoms with Crippen molar-refractivity contribution < 1.29 is 9.84 Å². The average molecular weight is 254 g/mol. The highest BCUT2D eigenvalue weighted by atomic mass is 16.5. The van der Waals surface area contributed by atoms with Crippen molar-refractivity contribution >= 4 is 0 Å². The monoisotopic (exact) mass is 254 g/mol. The van der Waals surface area contributed by atoms with Gasteiger partial charge in [-0.3, -0.25) is 0 Å². The van der Waals surface area contributed by atoms with Crippen molar-refractivity contribution in [3.63, 3.8) is 0 Å². The van der Waals surface area contributed by atoms with Gasteiger partial charge in [-0.15, -0.1) is 6.58 Å². The van der Waals surface area contributed by atoms with E-state index in [-0.39, 0.29) is 5.92 Å². The molecule has 2 aromatic rings. The summed E-state index contributed by atoms with van der Waals surface area (Å²) in [7, 11) is 1.64. The number of aliphatic hydroxyl groups excluding tert-OH is 1. The van der Waals surface area contributed by atoms with Crippen molar-refractivity contribution in [3.8, 4) is 5.75 Å². The van der Waals surface area contributed by atoms with Gasteiger partial charge in [0, 0.05) is 5.92 Å². The van der Waals surface area contributed by atoms with Gasteiger partial charge in [-0.2, -0.15) is 0 Å². The molecule has 0 unspecified atom stereocenters. The van der Waals surface area contributed by atoms with E-state index in [1.54, 1.807) is 13.2 Å². The molecule has 0 spiro atoms. The van der Waals surface area contributed by atoms with E-state index in [1.807, 2.05) is 54.6 Å². The van der Waals surface area contributed by atoms with Crippen LogP contribution in [0.2, 0.25) is 0 Å². The van der Waals surface area contributed by atoms with Gasteiger partial charge < -0.3 is 9.84 Å². The molecule has 0 heterocycles. The van der Waals surface area contributed by atoms with Crippen molar-refractivity contribution in [1.29, 1.82) is 0 Å². The number of ether oxygens (including phenoxy) is 1. The van der Waals surface area contributed by atoms with E-state index in [4.69, 9.17) is 4.74 Å². The highest BCUT2D eigenvalue weighted by Crippen LogP contribution is 2.32. The fourth-order valence-electron chi connectivity index (χ4n) is 2.13. The van der Waals surface area contributed by atoms with Crippen LogP contribution in [0.15, 0.2) is 67.3 Å². The SMILES string of the molecule is C=C[C@@H](c1ccc(OC)cc1)[C@@H](O)c1ccccc1. The summed E-state index contributed by atoms with van der Waals surface area (Å²) >= 11 is 0. The minimum atomic E-state index is -0.591. The predicted octanol–water partition coefficient (Wildman–Crippen LogP) is 3.70. The Labute approximate surface area is 114 Å². The van der Waals surface area contributed by atoms with Crippen LogP contribution >= 0.6 is 0 Å². The Morgan fingerprint density at radius 2 is 1.63 bits per heavy atom. The molecule has 0 aliphatic heterocycles. The minimum absolute atomic E-state index is 0.131. The van der Waals surface area contributed by atoms with E-state index < -0.39 is 6.10 Å². The lowest BCUT2D eigenvalue weighted by molar-refractivity contribution is 0.162. The van der Waals surface area contributed by atoms with Gasteiger partial charge in [0.15, 0.2) is 0 Å². The average Bonchev–Trinajstić information content (AvgIpc) is 2.49. The van der Waals surface area contributed by atoms with E-state index >= 15 is 0 Å². The van der Waals surface area contributed by atoms with Crippen LogP contribution in [0.25, 0.3) is 0 Å². The zero-order valence-corrected chi connectivity index (χ0v) is 11.0. The van der Waals surface area contributed by atoms with Gasteiger partial charge in [0.2, 0.25) is 0 Å². The Morgan fingerprint density at radius 3 is 2.16 bits per heavy atom. The molecule has 2 rings (SSSR count). The van der Waals surface area contributed by atoms with Gasteiger partial charge in [-0.25, -0.2) is 0 Å². The summed E-state index contributed by atoms with van der Waals surface area (Å²) in [5.74, 6) is 0.675. The number of hydrogen-bond donors (Lipinski definition) is 1. The molecule has 2 aromatic carbocycles. The molecule has 2 heteroatoms. The van der Waals surface area contributed by atoms with Gasteiger partial charge >= 0.3 is 0 Å². The number of hydrogen-bond acceptors (Lipinski definition) is 2. The molecule has 1 N–H and O–H groups in total. The van der Waals surface area contributed by atoms with Crippen LogP contribution in [0.4, 0.5) is 0 Å². The molecular formula is C17H18O2. The first-order valence-electron chi connectivity index (χ1n) is 6.25. The highest BCUT2D eigenvalue weighted by Gasteiger charge is 2.19. The summed E-state index contributed by atoms with van der Waals surface area (Å²) < 4.78 is 5.14. The van der Waals surface area contributed by atoms with E-state index in [1.165, 1.54) is 0 Å². The van der Waals surface area contributed by atoms with Crippen LogP contribution in [0, 0.1) is 0 Å². The molecule has 19 heavy (non-hydrogen) atoms. The second-order valence-corrected chi connectivity index (χ2v) is 4.39. The molecule has 0 aromatic heterocycles. The molecular weight excluding hydrogens is 236 g/mol. The highest BCUT2D eigenvalue weighted by molar-refractivity contribution is 5.34. The first kappa shape index (κ1) is 13.4. The van der Waals surface area contributed by atoms with E-state index in [9.17, 15) is 5.11 Å². The van der Waals surface area contributed by atoms with Gasteiger partial charge in [0.05, 0.1) is 13.2 Å². The normalized spacial score (nSPS) is 13.6. The lowest BCUT2D eigenvalue weighted by atomic mass is 9.89. The van der Waals surface area contributed by atoms with Gasteiger partial charge in [-0.1, -0.05) is 48.5 Å². The maximum absolute atomic E-state index is 10.5. The molecule has 0 bridgehead atoms. The summed E-state index contributed by atoms with van der Waals surface area (Å²) in [5.41, 5.74) is 1.91. The lowest BCUT2D eigenvalue weighted by Gasteiger charge is -2.20. The van der Waals surface area contributed by atoms with Crippen molar-refractivity contribution in [1.82, 2.24) is 0 Å². The number of methoxy groups -OCH3 is 1. The van der Waals surface area contributed by atoms with E-state index in [0.29, 0.717) is 0 Å². The molecule has 0 amide bonds. The Kier molecular flexibility index (Phi) is 4.37. The van der Waals surface area contributed by atoms with Crippen LogP contribution in [0.3, 0.4) is 0 Å². The van der Waals surface area contributed by atoms with Crippen LogP contribution in [0.1, 0.15) is 23.1 Å². The smallest absolute Gasteiger partial charge is 0.118 e. The zero-order chi connectivity index (χ0) is 13.7. The first-order valence-corrected chi connectivity index (χ1v) is 6.25. The van der Waals surface area contributed by atoms with Crippen LogP contribution in [0.5, 0.6) is 5.75 Å². The maximum atomic E-state index is 10.5. The fraction of sp³-hybridized carbons (Fsp3) is 0.176. The third-order valence-corrected chi connectivity index (χ3v) is 3.24. The molecule has 2 atom stereocenters. The van der Waals surface area contributed by atoms with Crippen LogP contribution in [-0.2, 0) is 0 Å². The largest absolute Gasteiger partial charge is 0.497 e. The van der Waals surface area contributed by atoms with Gasteiger partial charge in [0.1, 0.15) is 5.75 Å². The molecule has 0 saturated heterocycles. The third kappa shape index (κ3) is 3.04. The lowest BCUT2D eigenvalue weighted by Crippen LogP contribution is -2.08. The van der Waals surface area contributed by atoms with E-state index in [2.05, 4.69) is 6.58 Å². The van der Waals surface area contributed by atoms with E-state index in [0.717, 1.165) is 16.9 Å². The fourth-order valence-corrected chi connectivity index (χ4v) is 2.13. The summed E-state index contributed by atoms with van der Waals surface area (Å²) in [4.78, 5) is 0. The molecule has 0 radical (unpaired) electrons. The van der Waals surface area contributed by atoms with Crippen molar-refractivity contribution in [2.45, 2.75) is 12.0 Å². The van der Waals surface area contributed by atoms with Crippen molar-refractivity contribution in [2.75, 3.05) is 7.11 Å². The number of aliphatic hydroxyl groups is 1. The van der Waals surface area contributed by atoms with Crippen molar-refractivity contribution in [2.24, 2.45) is 0 Å². The second kappa shape index (κ2) is 6.21. The molecule has 0 aliphatic carbocycles. The van der Waals surface area contributed by atoms with Gasteiger partial charge in [0.25, 0.3) is 0 Å². The molecule has 98 valence electrons. The number of benzene rings is 2.